The highest BCUT2D eigenvalue weighted by Crippen LogP contribution is 2.28. The van der Waals surface area contributed by atoms with E-state index in [9.17, 15) is 9.90 Å². The molecule has 0 saturated carbocycles. The first-order valence-electron chi connectivity index (χ1n) is 7.59. The Bertz CT molecular complexity index is 478. The van der Waals surface area contributed by atoms with Gasteiger partial charge in [-0.3, -0.25) is 4.79 Å². The van der Waals surface area contributed by atoms with Gasteiger partial charge in [0.2, 0.25) is 0 Å². The number of hydrogen-bond acceptors (Lipinski definition) is 6. The van der Waals surface area contributed by atoms with Crippen molar-refractivity contribution in [1.82, 2.24) is 9.88 Å². The van der Waals surface area contributed by atoms with Crippen LogP contribution in [0.3, 0.4) is 0 Å². The van der Waals surface area contributed by atoms with E-state index >= 15 is 0 Å². The minimum atomic E-state index is -0.103. The number of rotatable bonds is 5. The normalized spacial score (nSPS) is 19.3. The van der Waals surface area contributed by atoms with Gasteiger partial charge in [-0.15, -0.1) is 0 Å². The molecule has 0 aromatic carbocycles. The van der Waals surface area contributed by atoms with Crippen LogP contribution in [0.1, 0.15) is 48.7 Å². The maximum Gasteiger partial charge on any atom is 0.268 e. The highest BCUT2D eigenvalue weighted by atomic mass is 32.1. The van der Waals surface area contributed by atoms with E-state index in [2.05, 4.69) is 17.2 Å². The van der Waals surface area contributed by atoms with Crippen LogP contribution in [-0.4, -0.2) is 46.6 Å². The zero-order valence-electron chi connectivity index (χ0n) is 12.5. The highest BCUT2D eigenvalue weighted by Gasteiger charge is 2.28. The van der Waals surface area contributed by atoms with Crippen molar-refractivity contribution < 1.29 is 9.90 Å². The van der Waals surface area contributed by atoms with Gasteiger partial charge < -0.3 is 21.1 Å². The van der Waals surface area contributed by atoms with E-state index in [0.29, 0.717) is 16.6 Å². The van der Waals surface area contributed by atoms with Crippen molar-refractivity contribution in [3.05, 3.63) is 4.88 Å². The Morgan fingerprint density at radius 1 is 1.52 bits per heavy atom. The van der Waals surface area contributed by atoms with Crippen LogP contribution in [0, 0.1) is 0 Å². The number of aliphatic hydroxyl groups excluding tert-OH is 1. The molecule has 2 heterocycles. The van der Waals surface area contributed by atoms with Crippen molar-refractivity contribution in [2.75, 3.05) is 30.7 Å². The summed E-state index contributed by atoms with van der Waals surface area (Å²) in [6, 6.07) is -0.103. The second kappa shape index (κ2) is 7.61. The molecular formula is C14H24N4O2S. The van der Waals surface area contributed by atoms with Gasteiger partial charge in [-0.25, -0.2) is 4.98 Å². The van der Waals surface area contributed by atoms with Crippen molar-refractivity contribution in [2.24, 2.45) is 0 Å². The molecule has 1 amide bonds. The first-order chi connectivity index (χ1) is 10.2. The summed E-state index contributed by atoms with van der Waals surface area (Å²) in [5, 5.41) is 13.4. The number of likely N-dealkylation sites (tertiary alicyclic amines) is 1. The number of aliphatic hydroxyl groups is 1. The van der Waals surface area contributed by atoms with Crippen LogP contribution >= 0.6 is 11.3 Å². The number of aromatic nitrogens is 1. The third-order valence-corrected chi connectivity index (χ3v) is 4.74. The lowest BCUT2D eigenvalue weighted by atomic mass is 10.1. The van der Waals surface area contributed by atoms with Gasteiger partial charge in [-0.2, -0.15) is 0 Å². The van der Waals surface area contributed by atoms with E-state index in [1.165, 1.54) is 11.3 Å². The third kappa shape index (κ3) is 3.85. The Labute approximate surface area is 129 Å². The molecule has 0 spiro atoms. The number of nitrogens with two attached hydrogens (primary N) is 1. The average molecular weight is 312 g/mol. The monoisotopic (exact) mass is 312 g/mol. The standard InChI is InChI=1S/C14H24N4O2S/c1-2-7-16-14-17-12(15)11(21-14)13(20)18-8-5-3-4-6-10(18)9-19/h10,19H,2-9,15H2,1H3,(H,16,17). The Morgan fingerprint density at radius 2 is 2.33 bits per heavy atom. The summed E-state index contributed by atoms with van der Waals surface area (Å²) in [7, 11) is 0. The van der Waals surface area contributed by atoms with Crippen LogP contribution in [0.2, 0.25) is 0 Å². The topological polar surface area (TPSA) is 91.5 Å². The predicted octanol–water partition coefficient (Wildman–Crippen LogP) is 1.92. The van der Waals surface area contributed by atoms with Gasteiger partial charge in [-0.1, -0.05) is 31.1 Å². The lowest BCUT2D eigenvalue weighted by Crippen LogP contribution is -2.42. The Morgan fingerprint density at radius 3 is 3.05 bits per heavy atom. The van der Waals surface area contributed by atoms with E-state index in [1.807, 2.05) is 0 Å². The zero-order chi connectivity index (χ0) is 15.2. The van der Waals surface area contributed by atoms with Crippen molar-refractivity contribution >= 4 is 28.2 Å². The molecule has 21 heavy (non-hydrogen) atoms. The Balaban J connectivity index is 2.15. The summed E-state index contributed by atoms with van der Waals surface area (Å²) in [5.74, 6) is 0.181. The zero-order valence-corrected chi connectivity index (χ0v) is 13.3. The number of amides is 1. The molecule has 0 radical (unpaired) electrons. The quantitative estimate of drug-likeness (QED) is 0.772. The number of hydrogen-bond donors (Lipinski definition) is 3. The van der Waals surface area contributed by atoms with Crippen molar-refractivity contribution in [1.29, 1.82) is 0 Å². The molecule has 0 aliphatic carbocycles. The van der Waals surface area contributed by atoms with Gasteiger partial charge >= 0.3 is 0 Å². The van der Waals surface area contributed by atoms with Crippen LogP contribution in [-0.2, 0) is 0 Å². The van der Waals surface area contributed by atoms with Crippen LogP contribution in [0.15, 0.2) is 0 Å². The number of carbonyl (C=O) groups excluding carboxylic acids is 1. The maximum absolute atomic E-state index is 12.7. The molecule has 2 rings (SSSR count). The summed E-state index contributed by atoms with van der Waals surface area (Å²) in [6.07, 6.45) is 4.96. The molecule has 0 bridgehead atoms. The lowest BCUT2D eigenvalue weighted by Gasteiger charge is -2.28. The van der Waals surface area contributed by atoms with Gasteiger partial charge in [0.15, 0.2) is 5.13 Å². The Kier molecular flexibility index (Phi) is 5.81. The number of nitrogens with one attached hydrogen (secondary N) is 1. The molecule has 118 valence electrons. The van der Waals surface area contributed by atoms with E-state index in [1.54, 1.807) is 4.90 Å². The Hall–Kier alpha value is -1.34. The number of thiazole rings is 1. The molecule has 4 N–H and O–H groups in total. The van der Waals surface area contributed by atoms with Crippen LogP contribution in [0.5, 0.6) is 0 Å². The summed E-state index contributed by atoms with van der Waals surface area (Å²) in [6.45, 7) is 3.56. The molecular weight excluding hydrogens is 288 g/mol. The average Bonchev–Trinajstić information content (AvgIpc) is 2.71. The first-order valence-corrected chi connectivity index (χ1v) is 8.41. The number of nitrogen functional groups attached to an aromatic ring is 1. The molecule has 1 unspecified atom stereocenters. The maximum atomic E-state index is 12.7. The molecule has 1 aliphatic heterocycles. The summed E-state index contributed by atoms with van der Waals surface area (Å²) in [4.78, 5) is 19.2. The fraction of sp³-hybridized carbons (Fsp3) is 0.714. The molecule has 6 nitrogen and oxygen atoms in total. The van der Waals surface area contributed by atoms with Gasteiger partial charge in [0.05, 0.1) is 12.6 Å². The van der Waals surface area contributed by atoms with E-state index < -0.39 is 0 Å². The van der Waals surface area contributed by atoms with Crippen LogP contribution in [0.25, 0.3) is 0 Å². The second-order valence-corrected chi connectivity index (χ2v) is 6.34. The molecule has 1 aliphatic rings. The lowest BCUT2D eigenvalue weighted by molar-refractivity contribution is 0.0605. The number of carbonyl (C=O) groups is 1. The molecule has 1 aromatic rings. The van der Waals surface area contributed by atoms with Gasteiger partial charge in [-0.05, 0) is 19.3 Å². The van der Waals surface area contributed by atoms with Gasteiger partial charge in [0.25, 0.3) is 5.91 Å². The molecule has 1 saturated heterocycles. The van der Waals surface area contributed by atoms with E-state index in [0.717, 1.165) is 38.6 Å². The summed E-state index contributed by atoms with van der Waals surface area (Å²) < 4.78 is 0. The minimum absolute atomic E-state index is 0.00535. The number of nitrogens with zero attached hydrogens (tertiary/aromatic N) is 2. The third-order valence-electron chi connectivity index (χ3n) is 3.72. The summed E-state index contributed by atoms with van der Waals surface area (Å²) >= 11 is 1.30. The second-order valence-electron chi connectivity index (χ2n) is 5.34. The predicted molar refractivity (Wildman–Crippen MR) is 85.7 cm³/mol. The smallest absolute Gasteiger partial charge is 0.268 e. The fourth-order valence-corrected chi connectivity index (χ4v) is 3.42. The van der Waals surface area contributed by atoms with Gasteiger partial charge in [0, 0.05) is 13.1 Å². The SMILES string of the molecule is CCCNc1nc(N)c(C(=O)N2CCCCCC2CO)s1. The molecule has 1 fully saturated rings. The molecule has 7 heteroatoms. The fourth-order valence-electron chi connectivity index (χ4n) is 2.56. The van der Waals surface area contributed by atoms with Crippen LogP contribution in [0.4, 0.5) is 10.9 Å². The van der Waals surface area contributed by atoms with Gasteiger partial charge in [0.1, 0.15) is 10.7 Å². The molecule has 1 aromatic heterocycles. The van der Waals surface area contributed by atoms with E-state index in [-0.39, 0.29) is 24.4 Å². The summed E-state index contributed by atoms with van der Waals surface area (Å²) in [5.41, 5.74) is 5.90. The molecule has 1 atom stereocenters. The highest BCUT2D eigenvalue weighted by molar-refractivity contribution is 7.18. The van der Waals surface area contributed by atoms with Crippen LogP contribution < -0.4 is 11.1 Å². The largest absolute Gasteiger partial charge is 0.394 e. The van der Waals surface area contributed by atoms with Crippen molar-refractivity contribution in [3.63, 3.8) is 0 Å². The van der Waals surface area contributed by atoms with Crippen molar-refractivity contribution in [3.8, 4) is 0 Å². The first kappa shape index (κ1) is 16.0. The van der Waals surface area contributed by atoms with Crippen molar-refractivity contribution in [2.45, 2.75) is 45.1 Å². The number of anilines is 2. The minimum Gasteiger partial charge on any atom is -0.394 e. The van der Waals surface area contributed by atoms with E-state index in [4.69, 9.17) is 5.73 Å².